The van der Waals surface area contributed by atoms with Gasteiger partial charge in [0, 0.05) is 17.2 Å². The number of ether oxygens (including phenoxy) is 1. The second-order valence-electron chi connectivity index (χ2n) is 7.33. The van der Waals surface area contributed by atoms with Crippen LogP contribution in [-0.2, 0) is 24.2 Å². The number of carbonyl (C=O) groups excluding carboxylic acids is 4. The normalized spacial score (nSPS) is 15.9. The molecular formula is C21H23N3O7S2. The first-order valence-corrected chi connectivity index (χ1v) is 13.0. The molecule has 0 aliphatic carbocycles. The van der Waals surface area contributed by atoms with E-state index >= 15 is 0 Å². The smallest absolute Gasteiger partial charge is 0.341 e. The van der Waals surface area contributed by atoms with Crippen molar-refractivity contribution >= 4 is 50.0 Å². The Morgan fingerprint density at radius 1 is 1.21 bits per heavy atom. The lowest BCUT2D eigenvalue weighted by Gasteiger charge is -2.13. The van der Waals surface area contributed by atoms with Crippen LogP contribution in [0, 0.1) is 0 Å². The first-order valence-electron chi connectivity index (χ1n) is 10.0. The largest absolute Gasteiger partial charge is 0.462 e. The lowest BCUT2D eigenvalue weighted by Crippen LogP contribution is -2.38. The Bertz CT molecular complexity index is 1180. The average molecular weight is 494 g/mol. The van der Waals surface area contributed by atoms with Gasteiger partial charge in [-0.3, -0.25) is 14.5 Å². The van der Waals surface area contributed by atoms with Crippen LogP contribution in [0.4, 0.5) is 9.80 Å². The fourth-order valence-corrected chi connectivity index (χ4v) is 4.89. The van der Waals surface area contributed by atoms with Crippen LogP contribution in [0.2, 0.25) is 0 Å². The van der Waals surface area contributed by atoms with Crippen LogP contribution in [0.15, 0.2) is 35.7 Å². The molecule has 1 saturated heterocycles. The highest BCUT2D eigenvalue weighted by Gasteiger charge is 2.39. The zero-order chi connectivity index (χ0) is 24.2. The van der Waals surface area contributed by atoms with Crippen molar-refractivity contribution in [2.24, 2.45) is 0 Å². The highest BCUT2D eigenvalue weighted by atomic mass is 32.2. The number of carbonyl (C=O) groups is 4. The summed E-state index contributed by atoms with van der Waals surface area (Å²) < 4.78 is 27.8. The van der Waals surface area contributed by atoms with Crippen molar-refractivity contribution in [3.63, 3.8) is 0 Å². The van der Waals surface area contributed by atoms with Gasteiger partial charge in [-0.1, -0.05) is 30.3 Å². The number of rotatable bonds is 9. The number of anilines is 1. The third kappa shape index (κ3) is 5.96. The molecule has 2 N–H and O–H groups in total. The van der Waals surface area contributed by atoms with E-state index in [1.54, 1.807) is 12.3 Å². The summed E-state index contributed by atoms with van der Waals surface area (Å²) in [7, 11) is -3.32. The molecule has 1 atom stereocenters. The standard InChI is InChI=1S/C21H23N3O7S2/c1-3-31-20(27)17-14(13-7-5-4-6-8-13)12-32-18(17)23-16(25)11-24-19(26)15(22-21(24)28)9-10-33(2,29)30/h4-8,12,15H,3,9-11H2,1-2H3,(H,22,28)(H,23,25). The van der Waals surface area contributed by atoms with E-state index in [0.29, 0.717) is 5.56 Å². The van der Waals surface area contributed by atoms with Crippen molar-refractivity contribution in [3.8, 4) is 11.1 Å². The van der Waals surface area contributed by atoms with E-state index in [-0.39, 0.29) is 29.3 Å². The summed E-state index contributed by atoms with van der Waals surface area (Å²) in [6, 6.07) is 7.32. The maximum Gasteiger partial charge on any atom is 0.341 e. The highest BCUT2D eigenvalue weighted by molar-refractivity contribution is 7.90. The number of sulfone groups is 1. The predicted molar refractivity (Wildman–Crippen MR) is 123 cm³/mol. The van der Waals surface area contributed by atoms with Gasteiger partial charge in [0.2, 0.25) is 5.91 Å². The minimum absolute atomic E-state index is 0.0834. The van der Waals surface area contributed by atoms with Crippen LogP contribution in [0.5, 0.6) is 0 Å². The van der Waals surface area contributed by atoms with Crippen molar-refractivity contribution in [3.05, 3.63) is 41.3 Å². The summed E-state index contributed by atoms with van der Waals surface area (Å²) in [6.45, 7) is 1.23. The summed E-state index contributed by atoms with van der Waals surface area (Å²) in [6.07, 6.45) is 0.950. The molecule has 1 aliphatic rings. The van der Waals surface area contributed by atoms with Gasteiger partial charge in [-0.2, -0.15) is 0 Å². The molecule has 0 radical (unpaired) electrons. The zero-order valence-electron chi connectivity index (χ0n) is 18.0. The molecule has 1 aromatic heterocycles. The van der Waals surface area contributed by atoms with E-state index in [2.05, 4.69) is 10.6 Å². The van der Waals surface area contributed by atoms with Crippen LogP contribution in [-0.4, -0.2) is 68.3 Å². The van der Waals surface area contributed by atoms with Crippen molar-refractivity contribution in [2.45, 2.75) is 19.4 Å². The fraction of sp³-hybridized carbons (Fsp3) is 0.333. The lowest BCUT2D eigenvalue weighted by atomic mass is 10.0. The first kappa shape index (κ1) is 24.4. The topological polar surface area (TPSA) is 139 Å². The molecule has 1 aliphatic heterocycles. The van der Waals surface area contributed by atoms with Gasteiger partial charge < -0.3 is 15.4 Å². The van der Waals surface area contributed by atoms with E-state index in [1.165, 1.54) is 0 Å². The molecule has 4 amide bonds. The number of hydrogen-bond acceptors (Lipinski definition) is 8. The molecular weight excluding hydrogens is 470 g/mol. The quantitative estimate of drug-likeness (QED) is 0.402. The number of nitrogens with one attached hydrogen (secondary N) is 2. The van der Waals surface area contributed by atoms with E-state index < -0.39 is 46.2 Å². The molecule has 12 heteroatoms. The minimum Gasteiger partial charge on any atom is -0.462 e. The molecule has 2 heterocycles. The number of benzene rings is 1. The Kier molecular flexibility index (Phi) is 7.49. The van der Waals surface area contributed by atoms with Gasteiger partial charge in [-0.15, -0.1) is 11.3 Å². The molecule has 2 aromatic rings. The van der Waals surface area contributed by atoms with Gasteiger partial charge in [-0.05, 0) is 18.9 Å². The molecule has 176 valence electrons. The number of thiophene rings is 1. The maximum absolute atomic E-state index is 12.6. The molecule has 0 spiro atoms. The third-order valence-electron chi connectivity index (χ3n) is 4.79. The van der Waals surface area contributed by atoms with Crippen molar-refractivity contribution in [1.29, 1.82) is 0 Å². The summed E-state index contributed by atoms with van der Waals surface area (Å²) >= 11 is 1.12. The van der Waals surface area contributed by atoms with Gasteiger partial charge in [0.15, 0.2) is 0 Å². The van der Waals surface area contributed by atoms with E-state index in [4.69, 9.17) is 4.74 Å². The van der Waals surface area contributed by atoms with E-state index in [9.17, 15) is 27.6 Å². The SMILES string of the molecule is CCOC(=O)c1c(-c2ccccc2)csc1NC(=O)CN1C(=O)NC(CCS(C)(=O)=O)C1=O. The molecule has 1 unspecified atom stereocenters. The number of urea groups is 1. The molecule has 1 aromatic carbocycles. The molecule has 0 saturated carbocycles. The van der Waals surface area contributed by atoms with Gasteiger partial charge in [-0.25, -0.2) is 18.0 Å². The number of esters is 1. The minimum atomic E-state index is -3.32. The Morgan fingerprint density at radius 2 is 1.91 bits per heavy atom. The second-order valence-corrected chi connectivity index (χ2v) is 10.5. The molecule has 33 heavy (non-hydrogen) atoms. The van der Waals surface area contributed by atoms with E-state index in [0.717, 1.165) is 28.1 Å². The number of nitrogens with zero attached hydrogens (tertiary/aromatic N) is 1. The zero-order valence-corrected chi connectivity index (χ0v) is 19.6. The number of imide groups is 1. The molecule has 3 rings (SSSR count). The van der Waals surface area contributed by atoms with Crippen molar-refractivity contribution in [1.82, 2.24) is 10.2 Å². The molecule has 10 nitrogen and oxygen atoms in total. The van der Waals surface area contributed by atoms with Gasteiger partial charge >= 0.3 is 12.0 Å². The highest BCUT2D eigenvalue weighted by Crippen LogP contribution is 2.36. The lowest BCUT2D eigenvalue weighted by molar-refractivity contribution is -0.130. The first-order chi connectivity index (χ1) is 15.6. The summed E-state index contributed by atoms with van der Waals surface area (Å²) in [5, 5.41) is 6.93. The van der Waals surface area contributed by atoms with Crippen molar-refractivity contribution < 1.29 is 32.3 Å². The van der Waals surface area contributed by atoms with Crippen LogP contribution in [0.25, 0.3) is 11.1 Å². The Balaban J connectivity index is 1.75. The maximum atomic E-state index is 12.6. The van der Waals surface area contributed by atoms with Crippen LogP contribution in [0.1, 0.15) is 23.7 Å². The van der Waals surface area contributed by atoms with Crippen LogP contribution in [0.3, 0.4) is 0 Å². The second kappa shape index (κ2) is 10.1. The summed E-state index contributed by atoms with van der Waals surface area (Å²) in [5.41, 5.74) is 1.54. The summed E-state index contributed by atoms with van der Waals surface area (Å²) in [5.74, 6) is -2.25. The monoisotopic (exact) mass is 493 g/mol. The number of amides is 4. The van der Waals surface area contributed by atoms with Gasteiger partial charge in [0.05, 0.1) is 12.4 Å². The van der Waals surface area contributed by atoms with Gasteiger partial charge in [0.1, 0.15) is 33.0 Å². The Morgan fingerprint density at radius 3 is 2.55 bits per heavy atom. The van der Waals surface area contributed by atoms with Crippen LogP contribution >= 0.6 is 11.3 Å². The van der Waals surface area contributed by atoms with Crippen LogP contribution < -0.4 is 10.6 Å². The molecule has 0 bridgehead atoms. The predicted octanol–water partition coefficient (Wildman–Crippen LogP) is 1.89. The van der Waals surface area contributed by atoms with Gasteiger partial charge in [0.25, 0.3) is 5.91 Å². The van der Waals surface area contributed by atoms with E-state index in [1.807, 2.05) is 30.3 Å². The average Bonchev–Trinajstić information content (AvgIpc) is 3.28. The Hall–Kier alpha value is -3.25. The number of hydrogen-bond donors (Lipinski definition) is 2. The third-order valence-corrected chi connectivity index (χ3v) is 6.67. The van der Waals surface area contributed by atoms with Crippen molar-refractivity contribution in [2.75, 3.05) is 30.5 Å². The Labute approximate surface area is 194 Å². The molecule has 1 fully saturated rings. The summed E-state index contributed by atoms with van der Waals surface area (Å²) in [4.78, 5) is 50.6. The fourth-order valence-electron chi connectivity index (χ4n) is 3.25.